The highest BCUT2D eigenvalue weighted by molar-refractivity contribution is 5.89. The van der Waals surface area contributed by atoms with Gasteiger partial charge in [-0.2, -0.15) is 0 Å². The first-order valence-corrected chi connectivity index (χ1v) is 28.5. The van der Waals surface area contributed by atoms with Crippen LogP contribution in [0.1, 0.15) is 114 Å². The average molecular weight is 1150 g/mol. The highest BCUT2D eigenvalue weighted by Crippen LogP contribution is 2.43. The molecule has 2 aromatic rings. The number of rotatable bonds is 54. The Bertz CT molecular complexity index is 2150. The molecule has 82 heavy (non-hydrogen) atoms. The summed E-state index contributed by atoms with van der Waals surface area (Å²) >= 11 is 0. The van der Waals surface area contributed by atoms with E-state index in [1.54, 1.807) is 42.5 Å². The van der Waals surface area contributed by atoms with Gasteiger partial charge in [-0.3, -0.25) is 0 Å². The third-order valence-corrected chi connectivity index (χ3v) is 11.7. The molecule has 19 heteroatoms. The molecule has 0 spiro atoms. The Balaban J connectivity index is 1.72. The third-order valence-electron chi connectivity index (χ3n) is 11.7. The van der Waals surface area contributed by atoms with Crippen molar-refractivity contribution in [1.82, 2.24) is 0 Å². The summed E-state index contributed by atoms with van der Waals surface area (Å²) in [6.07, 6.45) is 24.7. The molecule has 0 radical (unpaired) electrons. The van der Waals surface area contributed by atoms with Gasteiger partial charge in [0, 0.05) is 23.3 Å². The smallest absolute Gasteiger partial charge is 0.331 e. The number of benzene rings is 2. The van der Waals surface area contributed by atoms with Crippen molar-refractivity contribution in [2.75, 3.05) is 99.1 Å². The maximum absolute atomic E-state index is 13.4. The highest BCUT2D eigenvalue weighted by atomic mass is 17.2. The molecular weight excluding hydrogens is 1060 g/mol. The number of ether oxygens (including phenoxy) is 11. The normalized spacial score (nSPS) is 13.9. The van der Waals surface area contributed by atoms with E-state index in [-0.39, 0.29) is 12.2 Å². The Kier molecular flexibility index (Phi) is 40.6. The van der Waals surface area contributed by atoms with Crippen LogP contribution in [0.15, 0.2) is 113 Å². The zero-order valence-corrected chi connectivity index (χ0v) is 48.2. The van der Waals surface area contributed by atoms with Gasteiger partial charge in [0.1, 0.15) is 32.0 Å². The van der Waals surface area contributed by atoms with Gasteiger partial charge in [-0.25, -0.2) is 38.9 Å². The van der Waals surface area contributed by atoms with E-state index in [2.05, 4.69) is 39.5 Å². The lowest BCUT2D eigenvalue weighted by molar-refractivity contribution is -0.286. The summed E-state index contributed by atoms with van der Waals surface area (Å²) < 4.78 is 65.7. The van der Waals surface area contributed by atoms with Crippen LogP contribution in [0, 0.1) is 0 Å². The standard InChI is InChI=1S/C63H90O19/c1-7-37-75-78-49-22-19-44-70-57-34-26-52(60(71-45-17-14-41-67-11-5)63(57)74-48-21-24-51-80-77-39-9-3)27-35-58(64)81-54-29-31-55(32-30-54)82-59(65)36-28-53-25-33-56(69-43-16-13-40-66-10-4)62(73-47-18-15-42-68-12-6)61(53)72-46-20-23-50-79-76-38-8-2/h7-12,25-28,33-36,54-55H,1-6,13-24,29-32,37-51H2. The molecule has 0 bridgehead atoms. The summed E-state index contributed by atoms with van der Waals surface area (Å²) in [5.41, 5.74) is 1.19. The van der Waals surface area contributed by atoms with Crippen molar-refractivity contribution in [2.24, 2.45) is 0 Å². The van der Waals surface area contributed by atoms with E-state index in [4.69, 9.17) is 81.4 Å². The second kappa shape index (κ2) is 47.9. The highest BCUT2D eigenvalue weighted by Gasteiger charge is 2.26. The Morgan fingerprint density at radius 1 is 0.366 bits per heavy atom. The number of hydrogen-bond acceptors (Lipinski definition) is 19. The van der Waals surface area contributed by atoms with Gasteiger partial charge in [-0.15, -0.1) is 19.7 Å². The van der Waals surface area contributed by atoms with Crippen molar-refractivity contribution in [3.05, 3.63) is 124 Å². The van der Waals surface area contributed by atoms with Crippen LogP contribution in [0.4, 0.5) is 0 Å². The molecule has 0 aliphatic heterocycles. The molecule has 2 aromatic carbocycles. The summed E-state index contributed by atoms with van der Waals surface area (Å²) in [5, 5.41) is 0. The molecule has 0 amide bonds. The molecule has 1 fully saturated rings. The van der Waals surface area contributed by atoms with E-state index in [0.717, 1.165) is 25.7 Å². The van der Waals surface area contributed by atoms with E-state index in [1.807, 2.05) is 12.1 Å². The van der Waals surface area contributed by atoms with Crippen molar-refractivity contribution >= 4 is 24.1 Å². The van der Waals surface area contributed by atoms with Gasteiger partial charge in [0.2, 0.25) is 11.5 Å². The first kappa shape index (κ1) is 69.5. The van der Waals surface area contributed by atoms with E-state index < -0.39 is 11.9 Å². The Morgan fingerprint density at radius 2 is 0.659 bits per heavy atom. The molecule has 19 nitrogen and oxygen atoms in total. The number of esters is 2. The number of unbranched alkanes of at least 4 members (excludes halogenated alkanes) is 6. The number of hydrogen-bond donors (Lipinski definition) is 0. The third kappa shape index (κ3) is 32.0. The molecular formula is C63H90O19. The largest absolute Gasteiger partial charge is 0.502 e. The predicted octanol–water partition coefficient (Wildman–Crippen LogP) is 12.6. The van der Waals surface area contributed by atoms with E-state index >= 15 is 0 Å². The van der Waals surface area contributed by atoms with Gasteiger partial charge >= 0.3 is 11.9 Å². The van der Waals surface area contributed by atoms with Crippen molar-refractivity contribution < 1.29 is 91.0 Å². The lowest BCUT2D eigenvalue weighted by Crippen LogP contribution is -2.29. The maximum Gasteiger partial charge on any atom is 0.331 e. The summed E-state index contributed by atoms with van der Waals surface area (Å²) in [7, 11) is 0. The van der Waals surface area contributed by atoms with E-state index in [9.17, 15) is 9.59 Å². The molecule has 1 saturated carbocycles. The van der Waals surface area contributed by atoms with Crippen LogP contribution in [-0.2, 0) is 62.6 Å². The van der Waals surface area contributed by atoms with Gasteiger partial charge in [0.25, 0.3) is 0 Å². The van der Waals surface area contributed by atoms with Gasteiger partial charge in [-0.05, 0) is 139 Å². The van der Waals surface area contributed by atoms with Crippen molar-refractivity contribution in [1.29, 1.82) is 0 Å². The SMILES string of the molecule is C=CCOOCCCCOc1ccc(C=CC(=O)OC2CCC(OC(=O)C=Cc3ccc(OCCCCOC=C)c(OCCCCOC=C)c3OCCCCOOCC=C)CC2)c(OCCCCOC=C)c1OCCCCOOCC=C. The molecule has 0 heterocycles. The minimum Gasteiger partial charge on any atom is -0.502 e. The molecule has 456 valence electrons. The lowest BCUT2D eigenvalue weighted by atomic mass is 9.95. The fourth-order valence-electron chi connectivity index (χ4n) is 7.60. The van der Waals surface area contributed by atoms with Crippen LogP contribution in [0.2, 0.25) is 0 Å². The second-order valence-electron chi connectivity index (χ2n) is 18.2. The fraction of sp³-hybridized carbons (Fsp3) is 0.524. The van der Waals surface area contributed by atoms with Crippen LogP contribution in [0.3, 0.4) is 0 Å². The summed E-state index contributed by atoms with van der Waals surface area (Å²) in [5.74, 6) is 1.62. The topological polar surface area (TPSA) is 191 Å². The quantitative estimate of drug-likeness (QED) is 0.0115. The molecule has 0 N–H and O–H groups in total. The van der Waals surface area contributed by atoms with Crippen molar-refractivity contribution in [3.8, 4) is 34.5 Å². The second-order valence-corrected chi connectivity index (χ2v) is 18.2. The lowest BCUT2D eigenvalue weighted by Gasteiger charge is -2.27. The monoisotopic (exact) mass is 1150 g/mol. The number of carbonyl (C=O) groups excluding carboxylic acids is 2. The zero-order valence-electron chi connectivity index (χ0n) is 48.2. The molecule has 0 aromatic heterocycles. The molecule has 1 aliphatic rings. The number of carbonyl (C=O) groups is 2. The maximum atomic E-state index is 13.4. The first-order valence-electron chi connectivity index (χ1n) is 28.5. The van der Waals surface area contributed by atoms with Crippen LogP contribution < -0.4 is 28.4 Å². The van der Waals surface area contributed by atoms with Crippen molar-refractivity contribution in [3.63, 3.8) is 0 Å². The van der Waals surface area contributed by atoms with Crippen LogP contribution in [0.25, 0.3) is 12.2 Å². The predicted molar refractivity (Wildman–Crippen MR) is 312 cm³/mol. The molecule has 3 rings (SSSR count). The minimum absolute atomic E-state index is 0.290. The Morgan fingerprint density at radius 3 is 0.976 bits per heavy atom. The van der Waals surface area contributed by atoms with E-state index in [0.29, 0.717) is 222 Å². The van der Waals surface area contributed by atoms with E-state index in [1.165, 1.54) is 30.9 Å². The van der Waals surface area contributed by atoms with Gasteiger partial charge < -0.3 is 52.1 Å². The first-order chi connectivity index (χ1) is 40.4. The Labute approximate surface area is 486 Å². The van der Waals surface area contributed by atoms with Crippen LogP contribution in [0.5, 0.6) is 34.5 Å². The molecule has 1 aliphatic carbocycles. The van der Waals surface area contributed by atoms with Gasteiger partial charge in [-0.1, -0.05) is 38.0 Å². The molecule has 0 saturated heterocycles. The molecule has 0 unspecified atom stereocenters. The van der Waals surface area contributed by atoms with Crippen LogP contribution >= 0.6 is 0 Å². The summed E-state index contributed by atoms with van der Waals surface area (Å²) in [6, 6.07) is 7.23. The Hall–Kier alpha value is -6.74. The molecule has 0 atom stereocenters. The average Bonchev–Trinajstić information content (AvgIpc) is 3.69. The fourth-order valence-corrected chi connectivity index (χ4v) is 7.60. The van der Waals surface area contributed by atoms with Gasteiger partial charge in [0.15, 0.2) is 23.0 Å². The van der Waals surface area contributed by atoms with Gasteiger partial charge in [0.05, 0.1) is 98.1 Å². The van der Waals surface area contributed by atoms with Crippen LogP contribution in [-0.4, -0.2) is 123 Å². The summed E-state index contributed by atoms with van der Waals surface area (Å²) in [4.78, 5) is 57.5. The minimum atomic E-state index is -0.528. The van der Waals surface area contributed by atoms with Crippen molar-refractivity contribution in [2.45, 2.75) is 115 Å². The zero-order chi connectivity index (χ0) is 58.8. The summed E-state index contributed by atoms with van der Waals surface area (Å²) in [6.45, 7) is 27.4.